The minimum Gasteiger partial charge on any atom is -0.351 e. The molecule has 0 aliphatic rings. The molecule has 0 bridgehead atoms. The Balaban J connectivity index is 1.45. The highest BCUT2D eigenvalue weighted by molar-refractivity contribution is 6.29. The maximum Gasteiger partial charge on any atom is 0.269 e. The summed E-state index contributed by atoms with van der Waals surface area (Å²) in [7, 11) is 0. The number of carbonyl (C=O) groups excluding carboxylic acids is 2. The largest absolute Gasteiger partial charge is 0.351 e. The van der Waals surface area contributed by atoms with Gasteiger partial charge in [0.25, 0.3) is 11.8 Å². The first-order valence-corrected chi connectivity index (χ1v) is 9.84. The monoisotopic (exact) mass is 423 g/mol. The molecular formula is C19H23Cl2N5O2. The third-order valence-corrected chi connectivity index (χ3v) is 4.20. The van der Waals surface area contributed by atoms with E-state index in [0.29, 0.717) is 34.8 Å². The Morgan fingerprint density at radius 2 is 1.18 bits per heavy atom. The van der Waals surface area contributed by atoms with Gasteiger partial charge in [0.2, 0.25) is 0 Å². The zero-order valence-corrected chi connectivity index (χ0v) is 16.9. The van der Waals surface area contributed by atoms with Gasteiger partial charge in [-0.1, -0.05) is 35.3 Å². The molecule has 0 spiro atoms. The molecule has 0 aromatic carbocycles. The van der Waals surface area contributed by atoms with Crippen molar-refractivity contribution < 1.29 is 9.59 Å². The Kier molecular flexibility index (Phi) is 9.68. The lowest BCUT2D eigenvalue weighted by atomic mass is 10.3. The number of nitrogens with one attached hydrogen (secondary N) is 3. The van der Waals surface area contributed by atoms with Crippen LogP contribution in [0.15, 0.2) is 36.4 Å². The quantitative estimate of drug-likeness (QED) is 0.381. The Hall–Kier alpha value is -2.22. The standard InChI is InChI=1S/C19H23Cl2N5O2/c20-16-8-3-6-14(25-16)18(27)23-12-2-1-10-22-11-5-13-24-19(28)15-7-4-9-17(21)26-15/h3-4,6-9,22H,1-2,5,10-13H2,(H,23,27)(H,24,28). The van der Waals surface area contributed by atoms with E-state index in [0.717, 1.165) is 32.4 Å². The fourth-order valence-electron chi connectivity index (χ4n) is 2.37. The fraction of sp³-hybridized carbons (Fsp3) is 0.368. The topological polar surface area (TPSA) is 96.0 Å². The molecular weight excluding hydrogens is 401 g/mol. The molecule has 2 aromatic rings. The zero-order chi connectivity index (χ0) is 20.2. The van der Waals surface area contributed by atoms with Crippen molar-refractivity contribution in [3.8, 4) is 0 Å². The molecule has 2 heterocycles. The normalized spacial score (nSPS) is 10.5. The number of nitrogens with zero attached hydrogens (tertiary/aromatic N) is 2. The summed E-state index contributed by atoms with van der Waals surface area (Å²) in [6.07, 6.45) is 2.60. The molecule has 28 heavy (non-hydrogen) atoms. The summed E-state index contributed by atoms with van der Waals surface area (Å²) in [5.41, 5.74) is 0.635. The van der Waals surface area contributed by atoms with Crippen LogP contribution >= 0.6 is 23.2 Å². The Morgan fingerprint density at radius 3 is 1.71 bits per heavy atom. The summed E-state index contributed by atoms with van der Waals surface area (Å²) in [6.45, 7) is 2.78. The lowest BCUT2D eigenvalue weighted by molar-refractivity contribution is 0.0939. The number of rotatable bonds is 11. The number of pyridine rings is 2. The van der Waals surface area contributed by atoms with Gasteiger partial charge in [-0.25, -0.2) is 9.97 Å². The molecule has 0 radical (unpaired) electrons. The first kappa shape index (κ1) is 22.1. The maximum absolute atomic E-state index is 11.9. The molecule has 9 heteroatoms. The molecule has 2 aromatic heterocycles. The van der Waals surface area contributed by atoms with E-state index in [2.05, 4.69) is 25.9 Å². The Morgan fingerprint density at radius 1 is 0.714 bits per heavy atom. The average molecular weight is 424 g/mol. The third kappa shape index (κ3) is 8.21. The highest BCUT2D eigenvalue weighted by atomic mass is 35.5. The van der Waals surface area contributed by atoms with Crippen LogP contribution < -0.4 is 16.0 Å². The Bertz CT molecular complexity index is 723. The first-order chi connectivity index (χ1) is 13.6. The van der Waals surface area contributed by atoms with Gasteiger partial charge in [0.05, 0.1) is 0 Å². The first-order valence-electron chi connectivity index (χ1n) is 9.08. The SMILES string of the molecule is O=C(NCCCCNCCCNC(=O)c1cccc(Cl)n1)c1cccc(Cl)n1. The summed E-state index contributed by atoms with van der Waals surface area (Å²) in [5, 5.41) is 9.53. The van der Waals surface area contributed by atoms with Crippen LogP contribution in [0.2, 0.25) is 10.3 Å². The minimum atomic E-state index is -0.229. The number of unbranched alkanes of at least 4 members (excludes halogenated alkanes) is 1. The second-order valence-electron chi connectivity index (χ2n) is 6.01. The molecule has 7 nitrogen and oxygen atoms in total. The smallest absolute Gasteiger partial charge is 0.269 e. The number of carbonyl (C=O) groups is 2. The van der Waals surface area contributed by atoms with Crippen LogP contribution in [0, 0.1) is 0 Å². The molecule has 2 amide bonds. The molecule has 0 saturated heterocycles. The zero-order valence-electron chi connectivity index (χ0n) is 15.4. The van der Waals surface area contributed by atoms with Crippen LogP contribution in [0.25, 0.3) is 0 Å². The van der Waals surface area contributed by atoms with Crippen LogP contribution in [0.1, 0.15) is 40.2 Å². The molecule has 2 rings (SSSR count). The van der Waals surface area contributed by atoms with Gasteiger partial charge < -0.3 is 16.0 Å². The van der Waals surface area contributed by atoms with E-state index in [-0.39, 0.29) is 11.8 Å². The lowest BCUT2D eigenvalue weighted by Gasteiger charge is -2.07. The summed E-state index contributed by atoms with van der Waals surface area (Å²) in [6, 6.07) is 9.90. The van der Waals surface area contributed by atoms with Gasteiger partial charge in [-0.3, -0.25) is 9.59 Å². The van der Waals surface area contributed by atoms with Gasteiger partial charge in [0.15, 0.2) is 0 Å². The van der Waals surface area contributed by atoms with Crippen molar-refractivity contribution in [2.45, 2.75) is 19.3 Å². The van der Waals surface area contributed by atoms with E-state index in [9.17, 15) is 9.59 Å². The van der Waals surface area contributed by atoms with E-state index in [1.165, 1.54) is 0 Å². The van der Waals surface area contributed by atoms with Crippen LogP contribution in [-0.4, -0.2) is 48.0 Å². The second-order valence-corrected chi connectivity index (χ2v) is 6.79. The summed E-state index contributed by atoms with van der Waals surface area (Å²) < 4.78 is 0. The van der Waals surface area contributed by atoms with Crippen molar-refractivity contribution in [1.82, 2.24) is 25.9 Å². The average Bonchev–Trinajstić information content (AvgIpc) is 2.69. The highest BCUT2D eigenvalue weighted by Gasteiger charge is 2.07. The number of amides is 2. The van der Waals surface area contributed by atoms with E-state index >= 15 is 0 Å². The predicted octanol–water partition coefficient (Wildman–Crippen LogP) is 2.70. The van der Waals surface area contributed by atoms with E-state index in [1.54, 1.807) is 36.4 Å². The van der Waals surface area contributed by atoms with Crippen molar-refractivity contribution in [1.29, 1.82) is 0 Å². The molecule has 0 unspecified atom stereocenters. The van der Waals surface area contributed by atoms with Gasteiger partial charge >= 0.3 is 0 Å². The molecule has 0 saturated carbocycles. The van der Waals surface area contributed by atoms with Crippen molar-refractivity contribution in [3.05, 3.63) is 58.1 Å². The summed E-state index contributed by atoms with van der Waals surface area (Å²) in [4.78, 5) is 31.7. The van der Waals surface area contributed by atoms with Crippen molar-refractivity contribution in [2.24, 2.45) is 0 Å². The van der Waals surface area contributed by atoms with Gasteiger partial charge in [-0.15, -0.1) is 0 Å². The predicted molar refractivity (Wildman–Crippen MR) is 110 cm³/mol. The van der Waals surface area contributed by atoms with Gasteiger partial charge in [0, 0.05) is 13.1 Å². The van der Waals surface area contributed by atoms with Gasteiger partial charge in [-0.2, -0.15) is 0 Å². The highest BCUT2D eigenvalue weighted by Crippen LogP contribution is 2.05. The van der Waals surface area contributed by atoms with Crippen molar-refractivity contribution >= 4 is 35.0 Å². The molecule has 0 fully saturated rings. The number of hydrogen-bond acceptors (Lipinski definition) is 5. The lowest BCUT2D eigenvalue weighted by Crippen LogP contribution is -2.28. The molecule has 150 valence electrons. The molecule has 0 aliphatic heterocycles. The number of hydrogen-bond donors (Lipinski definition) is 3. The van der Waals surface area contributed by atoms with Crippen molar-refractivity contribution in [3.63, 3.8) is 0 Å². The molecule has 0 atom stereocenters. The van der Waals surface area contributed by atoms with Crippen LogP contribution in [0.3, 0.4) is 0 Å². The Labute approximate surface area is 174 Å². The van der Waals surface area contributed by atoms with E-state index < -0.39 is 0 Å². The van der Waals surface area contributed by atoms with Crippen molar-refractivity contribution in [2.75, 3.05) is 26.2 Å². The molecule has 0 aliphatic carbocycles. The fourth-order valence-corrected chi connectivity index (χ4v) is 2.70. The second kappa shape index (κ2) is 12.3. The summed E-state index contributed by atoms with van der Waals surface area (Å²) in [5.74, 6) is -0.451. The minimum absolute atomic E-state index is 0.222. The van der Waals surface area contributed by atoms with E-state index in [4.69, 9.17) is 23.2 Å². The summed E-state index contributed by atoms with van der Waals surface area (Å²) >= 11 is 11.5. The third-order valence-electron chi connectivity index (χ3n) is 3.78. The maximum atomic E-state index is 11.9. The van der Waals surface area contributed by atoms with Gasteiger partial charge in [0.1, 0.15) is 21.7 Å². The number of halogens is 2. The van der Waals surface area contributed by atoms with E-state index in [1.807, 2.05) is 0 Å². The molecule has 3 N–H and O–H groups in total. The van der Waals surface area contributed by atoms with Gasteiger partial charge in [-0.05, 0) is 56.6 Å². The number of aromatic nitrogens is 2. The van der Waals surface area contributed by atoms with Crippen LogP contribution in [0.4, 0.5) is 0 Å². The van der Waals surface area contributed by atoms with Crippen LogP contribution in [0.5, 0.6) is 0 Å². The van der Waals surface area contributed by atoms with Crippen LogP contribution in [-0.2, 0) is 0 Å².